The molecule has 0 saturated carbocycles. The first-order valence-corrected chi connectivity index (χ1v) is 5.78. The molecule has 0 unspecified atom stereocenters. The molecule has 20 heavy (non-hydrogen) atoms. The van der Waals surface area contributed by atoms with Crippen LogP contribution in [0, 0.1) is 5.82 Å². The van der Waals surface area contributed by atoms with Crippen LogP contribution < -0.4 is 4.74 Å². The summed E-state index contributed by atoms with van der Waals surface area (Å²) in [6.07, 6.45) is -4.57. The Morgan fingerprint density at radius 3 is 2.45 bits per heavy atom. The molecule has 2 nitrogen and oxygen atoms in total. The van der Waals surface area contributed by atoms with Crippen LogP contribution in [-0.4, -0.2) is 12.1 Å². The van der Waals surface area contributed by atoms with Gasteiger partial charge in [-0.3, -0.25) is 0 Å². The first-order valence-electron chi connectivity index (χ1n) is 5.40. The molecule has 0 fully saturated rings. The van der Waals surface area contributed by atoms with Crippen LogP contribution in [-0.2, 0) is 6.18 Å². The fourth-order valence-corrected chi connectivity index (χ4v) is 1.89. The van der Waals surface area contributed by atoms with Crippen molar-refractivity contribution in [3.63, 3.8) is 0 Å². The highest BCUT2D eigenvalue weighted by Gasteiger charge is 2.31. The van der Waals surface area contributed by atoms with Gasteiger partial charge in [-0.2, -0.15) is 13.2 Å². The van der Waals surface area contributed by atoms with Gasteiger partial charge in [-0.15, -0.1) is 0 Å². The highest BCUT2D eigenvalue weighted by molar-refractivity contribution is 6.29. The molecule has 2 rings (SSSR count). The normalized spacial score (nSPS) is 11.5. The van der Waals surface area contributed by atoms with Crippen LogP contribution in [0.5, 0.6) is 5.75 Å². The Labute approximate surface area is 117 Å². The van der Waals surface area contributed by atoms with Crippen molar-refractivity contribution in [3.05, 3.63) is 46.9 Å². The molecule has 0 saturated heterocycles. The molecule has 0 amide bonds. The molecule has 1 aromatic heterocycles. The molecule has 0 N–H and O–H groups in total. The van der Waals surface area contributed by atoms with Crippen LogP contribution >= 0.6 is 11.6 Å². The summed E-state index contributed by atoms with van der Waals surface area (Å²) in [4.78, 5) is 3.79. The summed E-state index contributed by atoms with van der Waals surface area (Å²) >= 11 is 5.60. The number of aromatic nitrogens is 1. The van der Waals surface area contributed by atoms with E-state index in [-0.39, 0.29) is 22.2 Å². The number of alkyl halides is 3. The maximum absolute atomic E-state index is 13.3. The number of pyridine rings is 1. The van der Waals surface area contributed by atoms with E-state index in [1.807, 2.05) is 0 Å². The quantitative estimate of drug-likeness (QED) is 0.599. The van der Waals surface area contributed by atoms with Crippen LogP contribution in [0.4, 0.5) is 17.6 Å². The molecule has 1 heterocycles. The van der Waals surface area contributed by atoms with E-state index in [1.165, 1.54) is 13.2 Å². The fraction of sp³-hybridized carbons (Fsp3) is 0.154. The van der Waals surface area contributed by atoms with Crippen molar-refractivity contribution in [3.8, 4) is 17.0 Å². The Hall–Kier alpha value is -1.82. The lowest BCUT2D eigenvalue weighted by Gasteiger charge is -2.11. The molecule has 2 aromatic rings. The average Bonchev–Trinajstić information content (AvgIpc) is 2.37. The predicted molar refractivity (Wildman–Crippen MR) is 66.2 cm³/mol. The third kappa shape index (κ3) is 3.01. The molecular formula is C13H8ClF4NO. The zero-order chi connectivity index (χ0) is 14.9. The number of ether oxygens (including phenoxy) is 1. The number of halogens is 5. The van der Waals surface area contributed by atoms with Gasteiger partial charge >= 0.3 is 6.18 Å². The Balaban J connectivity index is 2.64. The predicted octanol–water partition coefficient (Wildman–Crippen LogP) is 4.57. The van der Waals surface area contributed by atoms with E-state index in [0.717, 1.165) is 18.2 Å². The van der Waals surface area contributed by atoms with E-state index in [0.29, 0.717) is 6.07 Å². The van der Waals surface area contributed by atoms with Crippen molar-refractivity contribution in [2.24, 2.45) is 0 Å². The minimum absolute atomic E-state index is 0.0977. The van der Waals surface area contributed by atoms with Crippen molar-refractivity contribution in [1.29, 1.82) is 0 Å². The molecule has 106 valence electrons. The number of nitrogens with zero attached hydrogens (tertiary/aromatic N) is 1. The molecule has 0 atom stereocenters. The maximum Gasteiger partial charge on any atom is 0.416 e. The van der Waals surface area contributed by atoms with Gasteiger partial charge < -0.3 is 4.74 Å². The largest absolute Gasteiger partial charge is 0.496 e. The maximum atomic E-state index is 13.3. The summed E-state index contributed by atoms with van der Waals surface area (Å²) in [7, 11) is 1.33. The molecule has 0 aliphatic rings. The molecule has 1 aromatic carbocycles. The fourth-order valence-electron chi connectivity index (χ4n) is 1.68. The van der Waals surface area contributed by atoms with E-state index < -0.39 is 17.6 Å². The summed E-state index contributed by atoms with van der Waals surface area (Å²) in [5, 5.41) is -0.332. The molecule has 0 bridgehead atoms. The van der Waals surface area contributed by atoms with Crippen LogP contribution in [0.2, 0.25) is 5.15 Å². The van der Waals surface area contributed by atoms with Gasteiger partial charge in [0.15, 0.2) is 0 Å². The van der Waals surface area contributed by atoms with Gasteiger partial charge in [0.1, 0.15) is 16.7 Å². The van der Waals surface area contributed by atoms with Gasteiger partial charge in [-0.05, 0) is 30.3 Å². The van der Waals surface area contributed by atoms with Gasteiger partial charge in [0.2, 0.25) is 0 Å². The minimum atomic E-state index is -4.57. The number of hydrogen-bond donors (Lipinski definition) is 0. The number of rotatable bonds is 2. The summed E-state index contributed by atoms with van der Waals surface area (Å²) < 4.78 is 56.5. The molecule has 0 radical (unpaired) electrons. The lowest BCUT2D eigenvalue weighted by Crippen LogP contribution is -2.06. The standard InChI is InChI=1S/C13H8ClF4NO/c1-20-11-3-2-8(15)6-9(11)10-4-7(13(16,17)18)5-12(14)19-10/h2-6H,1H3. The first kappa shape index (κ1) is 14.6. The zero-order valence-electron chi connectivity index (χ0n) is 10.1. The van der Waals surface area contributed by atoms with Crippen LogP contribution in [0.25, 0.3) is 11.3 Å². The van der Waals surface area contributed by atoms with Crippen LogP contribution in [0.1, 0.15) is 5.56 Å². The Morgan fingerprint density at radius 1 is 1.15 bits per heavy atom. The summed E-state index contributed by atoms with van der Waals surface area (Å²) in [5.41, 5.74) is -0.972. The second kappa shape index (κ2) is 5.28. The number of methoxy groups -OCH3 is 1. The van der Waals surface area contributed by atoms with Crippen molar-refractivity contribution in [2.75, 3.05) is 7.11 Å². The molecule has 0 aliphatic heterocycles. The van der Waals surface area contributed by atoms with E-state index >= 15 is 0 Å². The number of benzene rings is 1. The number of hydrogen-bond acceptors (Lipinski definition) is 2. The Morgan fingerprint density at radius 2 is 1.85 bits per heavy atom. The topological polar surface area (TPSA) is 22.1 Å². The third-order valence-corrected chi connectivity index (χ3v) is 2.75. The molecule has 0 aliphatic carbocycles. The van der Waals surface area contributed by atoms with Gasteiger partial charge in [0.25, 0.3) is 0 Å². The van der Waals surface area contributed by atoms with Gasteiger partial charge in [-0.25, -0.2) is 9.37 Å². The SMILES string of the molecule is COc1ccc(F)cc1-c1cc(C(F)(F)F)cc(Cl)n1. The van der Waals surface area contributed by atoms with Crippen LogP contribution in [0.3, 0.4) is 0 Å². The average molecular weight is 306 g/mol. The van der Waals surface area contributed by atoms with Crippen molar-refractivity contribution in [1.82, 2.24) is 4.98 Å². The van der Waals surface area contributed by atoms with Crippen molar-refractivity contribution >= 4 is 11.6 Å². The van der Waals surface area contributed by atoms with Gasteiger partial charge in [0.05, 0.1) is 18.4 Å². The van der Waals surface area contributed by atoms with E-state index in [1.54, 1.807) is 0 Å². The van der Waals surface area contributed by atoms with Gasteiger partial charge in [-0.1, -0.05) is 11.6 Å². The lowest BCUT2D eigenvalue weighted by atomic mass is 10.1. The Kier molecular flexibility index (Phi) is 3.85. The highest BCUT2D eigenvalue weighted by atomic mass is 35.5. The van der Waals surface area contributed by atoms with E-state index in [2.05, 4.69) is 4.98 Å². The van der Waals surface area contributed by atoms with Crippen LogP contribution in [0.15, 0.2) is 30.3 Å². The second-order valence-electron chi connectivity index (χ2n) is 3.91. The molecule has 0 spiro atoms. The summed E-state index contributed by atoms with van der Waals surface area (Å²) in [6.45, 7) is 0. The van der Waals surface area contributed by atoms with Gasteiger partial charge in [0, 0.05) is 5.56 Å². The third-order valence-electron chi connectivity index (χ3n) is 2.56. The molecule has 7 heteroatoms. The monoisotopic (exact) mass is 305 g/mol. The summed E-state index contributed by atoms with van der Waals surface area (Å²) in [5.74, 6) is -0.412. The smallest absolute Gasteiger partial charge is 0.416 e. The second-order valence-corrected chi connectivity index (χ2v) is 4.29. The van der Waals surface area contributed by atoms with Crippen molar-refractivity contribution in [2.45, 2.75) is 6.18 Å². The van der Waals surface area contributed by atoms with E-state index in [9.17, 15) is 17.6 Å². The summed E-state index contributed by atoms with van der Waals surface area (Å²) in [6, 6.07) is 4.98. The Bertz CT molecular complexity index is 643. The zero-order valence-corrected chi connectivity index (χ0v) is 10.9. The highest BCUT2D eigenvalue weighted by Crippen LogP contribution is 2.36. The first-order chi connectivity index (χ1) is 9.31. The minimum Gasteiger partial charge on any atom is -0.496 e. The molecular weight excluding hydrogens is 298 g/mol. The lowest BCUT2D eigenvalue weighted by molar-refractivity contribution is -0.137. The van der Waals surface area contributed by atoms with Crippen molar-refractivity contribution < 1.29 is 22.3 Å². The van der Waals surface area contributed by atoms with E-state index in [4.69, 9.17) is 16.3 Å².